The molecule has 0 aliphatic rings. The van der Waals surface area contributed by atoms with Gasteiger partial charge < -0.3 is 9.84 Å². The number of hydrogen-bond donors (Lipinski definition) is 1. The molecule has 96 valence electrons. The second-order valence-electron chi connectivity index (χ2n) is 4.51. The van der Waals surface area contributed by atoms with Crippen LogP contribution in [0.15, 0.2) is 30.6 Å². The van der Waals surface area contributed by atoms with Gasteiger partial charge in [0.05, 0.1) is 17.1 Å². The Morgan fingerprint density at radius 2 is 1.94 bits per heavy atom. The number of nitrogens with zero attached hydrogens (tertiary/aromatic N) is 2. The van der Waals surface area contributed by atoms with Crippen LogP contribution < -0.4 is 0 Å². The van der Waals surface area contributed by atoms with Crippen LogP contribution in [0.5, 0.6) is 0 Å². The molecule has 4 heteroatoms. The summed E-state index contributed by atoms with van der Waals surface area (Å²) in [7, 11) is 1.67. The standard InChI is InChI=1S/C14H18N2O2/c1-10(5-8-18-2)14(17)11-3-4-12-13(9-11)16-7-6-15-12/h3-4,6-7,9-10,14,17H,5,8H2,1-2H3. The van der Waals surface area contributed by atoms with Crippen LogP contribution in [-0.2, 0) is 4.74 Å². The third-order valence-electron chi connectivity index (χ3n) is 3.15. The second-order valence-corrected chi connectivity index (χ2v) is 4.51. The Kier molecular flexibility index (Phi) is 4.23. The van der Waals surface area contributed by atoms with E-state index in [4.69, 9.17) is 4.74 Å². The first kappa shape index (κ1) is 12.9. The number of aliphatic hydroxyl groups is 1. The molecular formula is C14H18N2O2. The predicted octanol–water partition coefficient (Wildman–Crippen LogP) is 2.34. The van der Waals surface area contributed by atoms with Gasteiger partial charge in [-0.2, -0.15) is 0 Å². The molecule has 0 aliphatic heterocycles. The zero-order chi connectivity index (χ0) is 13.0. The summed E-state index contributed by atoms with van der Waals surface area (Å²) in [6, 6.07) is 5.70. The number of methoxy groups -OCH3 is 1. The molecule has 2 unspecified atom stereocenters. The number of benzene rings is 1. The Balaban J connectivity index is 2.19. The largest absolute Gasteiger partial charge is 0.388 e. The summed E-state index contributed by atoms with van der Waals surface area (Å²) in [6.07, 6.45) is 3.66. The average molecular weight is 246 g/mol. The molecule has 0 saturated heterocycles. The van der Waals surface area contributed by atoms with E-state index in [1.807, 2.05) is 25.1 Å². The first-order valence-electron chi connectivity index (χ1n) is 6.10. The molecular weight excluding hydrogens is 228 g/mol. The third-order valence-corrected chi connectivity index (χ3v) is 3.15. The highest BCUT2D eigenvalue weighted by Gasteiger charge is 2.16. The lowest BCUT2D eigenvalue weighted by Gasteiger charge is -2.19. The SMILES string of the molecule is COCCC(C)C(O)c1ccc2nccnc2c1. The van der Waals surface area contributed by atoms with Crippen LogP contribution in [0.4, 0.5) is 0 Å². The minimum atomic E-state index is -0.494. The van der Waals surface area contributed by atoms with Gasteiger partial charge in [-0.25, -0.2) is 0 Å². The molecule has 2 atom stereocenters. The van der Waals surface area contributed by atoms with E-state index in [1.165, 1.54) is 0 Å². The fraction of sp³-hybridized carbons (Fsp3) is 0.429. The summed E-state index contributed by atoms with van der Waals surface area (Å²) >= 11 is 0. The van der Waals surface area contributed by atoms with E-state index < -0.39 is 6.10 Å². The van der Waals surface area contributed by atoms with E-state index >= 15 is 0 Å². The summed E-state index contributed by atoms with van der Waals surface area (Å²) in [4.78, 5) is 8.46. The van der Waals surface area contributed by atoms with Gasteiger partial charge in [-0.05, 0) is 30.0 Å². The summed E-state index contributed by atoms with van der Waals surface area (Å²) in [5.41, 5.74) is 2.54. The minimum absolute atomic E-state index is 0.152. The highest BCUT2D eigenvalue weighted by Crippen LogP contribution is 2.26. The van der Waals surface area contributed by atoms with Gasteiger partial charge in [0.2, 0.25) is 0 Å². The molecule has 0 bridgehead atoms. The van der Waals surface area contributed by atoms with Crippen LogP contribution in [0.1, 0.15) is 25.0 Å². The van der Waals surface area contributed by atoms with Gasteiger partial charge in [0.1, 0.15) is 0 Å². The molecule has 0 radical (unpaired) electrons. The van der Waals surface area contributed by atoms with Crippen molar-refractivity contribution in [2.75, 3.05) is 13.7 Å². The van der Waals surface area contributed by atoms with Crippen LogP contribution in [0.3, 0.4) is 0 Å². The first-order valence-corrected chi connectivity index (χ1v) is 6.10. The van der Waals surface area contributed by atoms with Gasteiger partial charge in [0.25, 0.3) is 0 Å². The van der Waals surface area contributed by atoms with E-state index in [0.717, 1.165) is 23.0 Å². The van der Waals surface area contributed by atoms with Crippen molar-refractivity contribution in [3.63, 3.8) is 0 Å². The fourth-order valence-electron chi connectivity index (χ4n) is 1.95. The lowest BCUT2D eigenvalue weighted by molar-refractivity contribution is 0.0887. The lowest BCUT2D eigenvalue weighted by Crippen LogP contribution is -2.11. The molecule has 1 N–H and O–H groups in total. The summed E-state index contributed by atoms with van der Waals surface area (Å²) in [5, 5.41) is 10.3. The van der Waals surface area contributed by atoms with E-state index in [9.17, 15) is 5.11 Å². The number of fused-ring (bicyclic) bond motifs is 1. The van der Waals surface area contributed by atoms with Crippen LogP contribution in [0.2, 0.25) is 0 Å². The molecule has 2 aromatic rings. The average Bonchev–Trinajstić information content (AvgIpc) is 2.43. The highest BCUT2D eigenvalue weighted by atomic mass is 16.5. The zero-order valence-electron chi connectivity index (χ0n) is 10.7. The molecule has 0 spiro atoms. The molecule has 1 aromatic carbocycles. The topological polar surface area (TPSA) is 55.2 Å². The van der Waals surface area contributed by atoms with Crippen LogP contribution in [-0.4, -0.2) is 28.8 Å². The van der Waals surface area contributed by atoms with Gasteiger partial charge in [0.15, 0.2) is 0 Å². The third kappa shape index (κ3) is 2.83. The first-order chi connectivity index (χ1) is 8.72. The van der Waals surface area contributed by atoms with Gasteiger partial charge in [-0.1, -0.05) is 13.0 Å². The molecule has 18 heavy (non-hydrogen) atoms. The normalized spacial score (nSPS) is 14.6. The smallest absolute Gasteiger partial charge is 0.0890 e. The summed E-state index contributed by atoms with van der Waals surface area (Å²) < 4.78 is 5.04. The molecule has 4 nitrogen and oxygen atoms in total. The Morgan fingerprint density at radius 1 is 1.22 bits per heavy atom. The maximum absolute atomic E-state index is 10.3. The van der Waals surface area contributed by atoms with E-state index in [-0.39, 0.29) is 5.92 Å². The Morgan fingerprint density at radius 3 is 2.67 bits per heavy atom. The van der Waals surface area contributed by atoms with E-state index in [0.29, 0.717) is 6.61 Å². The lowest BCUT2D eigenvalue weighted by atomic mass is 9.94. The van der Waals surface area contributed by atoms with Crippen molar-refractivity contribution in [1.82, 2.24) is 9.97 Å². The van der Waals surface area contributed by atoms with E-state index in [2.05, 4.69) is 9.97 Å². The number of aromatic nitrogens is 2. The summed E-state index contributed by atoms with van der Waals surface area (Å²) in [6.45, 7) is 2.68. The van der Waals surface area contributed by atoms with Crippen molar-refractivity contribution in [2.45, 2.75) is 19.4 Å². The molecule has 0 fully saturated rings. The van der Waals surface area contributed by atoms with Gasteiger partial charge in [-0.15, -0.1) is 0 Å². The molecule has 1 heterocycles. The van der Waals surface area contributed by atoms with Gasteiger partial charge in [-0.3, -0.25) is 9.97 Å². The maximum Gasteiger partial charge on any atom is 0.0890 e. The second kappa shape index (κ2) is 5.89. The number of hydrogen-bond acceptors (Lipinski definition) is 4. The zero-order valence-corrected chi connectivity index (χ0v) is 10.7. The summed E-state index contributed by atoms with van der Waals surface area (Å²) in [5.74, 6) is 0.152. The van der Waals surface area contributed by atoms with Crippen molar-refractivity contribution in [1.29, 1.82) is 0 Å². The van der Waals surface area contributed by atoms with Crippen molar-refractivity contribution in [3.8, 4) is 0 Å². The van der Waals surface area contributed by atoms with Crippen molar-refractivity contribution < 1.29 is 9.84 Å². The van der Waals surface area contributed by atoms with E-state index in [1.54, 1.807) is 19.5 Å². The molecule has 0 saturated carbocycles. The minimum Gasteiger partial charge on any atom is -0.388 e. The van der Waals surface area contributed by atoms with Crippen molar-refractivity contribution >= 4 is 11.0 Å². The van der Waals surface area contributed by atoms with Crippen LogP contribution in [0, 0.1) is 5.92 Å². The van der Waals surface area contributed by atoms with Gasteiger partial charge in [0, 0.05) is 26.1 Å². The van der Waals surface area contributed by atoms with Crippen molar-refractivity contribution in [3.05, 3.63) is 36.2 Å². The number of rotatable bonds is 5. The number of aliphatic hydroxyl groups excluding tert-OH is 1. The maximum atomic E-state index is 10.3. The quantitative estimate of drug-likeness (QED) is 0.879. The van der Waals surface area contributed by atoms with Crippen molar-refractivity contribution in [2.24, 2.45) is 5.92 Å². The molecule has 0 amide bonds. The monoisotopic (exact) mass is 246 g/mol. The Hall–Kier alpha value is -1.52. The van der Waals surface area contributed by atoms with Crippen LogP contribution in [0.25, 0.3) is 11.0 Å². The van der Waals surface area contributed by atoms with Crippen LogP contribution >= 0.6 is 0 Å². The Bertz CT molecular complexity index is 516. The Labute approximate surface area is 107 Å². The molecule has 0 aliphatic carbocycles. The van der Waals surface area contributed by atoms with Gasteiger partial charge >= 0.3 is 0 Å². The predicted molar refractivity (Wildman–Crippen MR) is 70.2 cm³/mol. The molecule has 1 aromatic heterocycles. The fourth-order valence-corrected chi connectivity index (χ4v) is 1.95. The highest BCUT2D eigenvalue weighted by molar-refractivity contribution is 5.74. The number of ether oxygens (including phenoxy) is 1. The molecule has 2 rings (SSSR count).